The molecular weight excluding hydrogens is 389 g/mol. The van der Waals surface area contributed by atoms with Crippen LogP contribution in [0, 0.1) is 0 Å². The molecule has 0 saturated carbocycles. The van der Waals surface area contributed by atoms with Gasteiger partial charge in [-0.2, -0.15) is 0 Å². The Bertz CT molecular complexity index is 695. The summed E-state index contributed by atoms with van der Waals surface area (Å²) in [7, 11) is 0. The van der Waals surface area contributed by atoms with Gasteiger partial charge in [0.05, 0.1) is 6.33 Å². The molecule has 9 heteroatoms. The number of carbonyl (C=O) groups is 2. The first-order valence-electron chi connectivity index (χ1n) is 8.45. The predicted molar refractivity (Wildman–Crippen MR) is 112 cm³/mol. The highest BCUT2D eigenvalue weighted by molar-refractivity contribution is 5.97. The molecule has 0 radical (unpaired) electrons. The number of halogens is 2. The van der Waals surface area contributed by atoms with Crippen molar-refractivity contribution in [1.29, 1.82) is 0 Å². The summed E-state index contributed by atoms with van der Waals surface area (Å²) in [4.78, 5) is 28.2. The minimum Gasteiger partial charge on any atom is -0.350 e. The van der Waals surface area contributed by atoms with Crippen LogP contribution in [0.5, 0.6) is 0 Å². The van der Waals surface area contributed by atoms with E-state index in [1.165, 1.54) is 0 Å². The minimum atomic E-state index is -0.153. The van der Waals surface area contributed by atoms with Crippen LogP contribution < -0.4 is 16.0 Å². The molecule has 0 spiro atoms. The molecular formula is C18H27Cl2N5O2. The number of imidazole rings is 1. The second-order valence-electron chi connectivity index (χ2n) is 5.85. The highest BCUT2D eigenvalue weighted by atomic mass is 35.5. The summed E-state index contributed by atoms with van der Waals surface area (Å²) in [5, 5.41) is 8.94. The maximum Gasteiger partial charge on any atom is 0.251 e. The number of benzene rings is 1. The molecule has 0 bridgehead atoms. The number of likely N-dealkylation sites (N-methyl/N-ethyl adjacent to an activating group) is 1. The Balaban J connectivity index is 0.00000338. The topological polar surface area (TPSA) is 88.0 Å². The van der Waals surface area contributed by atoms with Crippen LogP contribution in [-0.2, 0) is 11.3 Å². The Labute approximate surface area is 172 Å². The third-order valence-electron chi connectivity index (χ3n) is 3.69. The van der Waals surface area contributed by atoms with Gasteiger partial charge >= 0.3 is 0 Å². The summed E-state index contributed by atoms with van der Waals surface area (Å²) < 4.78 is 1.84. The van der Waals surface area contributed by atoms with E-state index in [0.717, 1.165) is 6.54 Å². The zero-order chi connectivity index (χ0) is 18.1. The molecule has 1 heterocycles. The van der Waals surface area contributed by atoms with Crippen molar-refractivity contribution in [2.45, 2.75) is 32.9 Å². The highest BCUT2D eigenvalue weighted by Crippen LogP contribution is 2.11. The Morgan fingerprint density at radius 1 is 1.26 bits per heavy atom. The molecule has 2 aromatic rings. The average Bonchev–Trinajstić information content (AvgIpc) is 3.12. The van der Waals surface area contributed by atoms with Crippen molar-refractivity contribution in [2.24, 2.45) is 0 Å². The van der Waals surface area contributed by atoms with Gasteiger partial charge in [-0.15, -0.1) is 24.8 Å². The van der Waals surface area contributed by atoms with Crippen LogP contribution in [0.15, 0.2) is 43.0 Å². The number of rotatable bonds is 9. The molecule has 2 rings (SSSR count). The van der Waals surface area contributed by atoms with Crippen molar-refractivity contribution in [1.82, 2.24) is 20.2 Å². The first-order valence-corrected chi connectivity index (χ1v) is 8.45. The number of hydrogen-bond donors (Lipinski definition) is 3. The maximum atomic E-state index is 12.2. The van der Waals surface area contributed by atoms with E-state index in [-0.39, 0.29) is 42.7 Å². The second-order valence-corrected chi connectivity index (χ2v) is 5.85. The van der Waals surface area contributed by atoms with Gasteiger partial charge in [-0.3, -0.25) is 9.59 Å². The smallest absolute Gasteiger partial charge is 0.251 e. The molecule has 0 fully saturated rings. The Morgan fingerprint density at radius 3 is 2.70 bits per heavy atom. The number of aromatic nitrogens is 2. The molecule has 0 saturated heterocycles. The van der Waals surface area contributed by atoms with Crippen LogP contribution in [0.2, 0.25) is 0 Å². The maximum absolute atomic E-state index is 12.2. The number of aryl methyl sites for hydroxylation is 1. The molecule has 0 aliphatic carbocycles. The molecule has 0 aliphatic rings. The molecule has 2 amide bonds. The zero-order valence-electron chi connectivity index (χ0n) is 15.5. The number of carbonyl (C=O) groups excluding carboxylic acids is 2. The van der Waals surface area contributed by atoms with E-state index in [4.69, 9.17) is 0 Å². The Kier molecular flexibility index (Phi) is 12.1. The lowest BCUT2D eigenvalue weighted by Crippen LogP contribution is -2.38. The molecule has 27 heavy (non-hydrogen) atoms. The fourth-order valence-corrected chi connectivity index (χ4v) is 2.38. The Morgan fingerprint density at radius 2 is 2.04 bits per heavy atom. The molecule has 0 unspecified atom stereocenters. The summed E-state index contributed by atoms with van der Waals surface area (Å²) in [5.74, 6) is -0.258. The lowest BCUT2D eigenvalue weighted by molar-refractivity contribution is -0.116. The van der Waals surface area contributed by atoms with Crippen molar-refractivity contribution in [3.05, 3.63) is 48.5 Å². The van der Waals surface area contributed by atoms with Gasteiger partial charge in [0, 0.05) is 49.2 Å². The molecule has 0 aliphatic heterocycles. The van der Waals surface area contributed by atoms with Crippen molar-refractivity contribution in [2.75, 3.05) is 18.4 Å². The molecule has 3 N–H and O–H groups in total. The second kappa shape index (κ2) is 13.1. The molecule has 1 aromatic heterocycles. The summed E-state index contributed by atoms with van der Waals surface area (Å²) in [6.07, 6.45) is 5.50. The summed E-state index contributed by atoms with van der Waals surface area (Å²) in [6, 6.07) is 7.15. The van der Waals surface area contributed by atoms with Crippen molar-refractivity contribution >= 4 is 42.3 Å². The lowest BCUT2D eigenvalue weighted by atomic mass is 10.1. The van der Waals surface area contributed by atoms with E-state index in [2.05, 4.69) is 20.9 Å². The third kappa shape index (κ3) is 8.90. The minimum absolute atomic E-state index is 0. The van der Waals surface area contributed by atoms with E-state index in [9.17, 15) is 9.59 Å². The first-order chi connectivity index (χ1) is 12.1. The quantitative estimate of drug-likeness (QED) is 0.586. The van der Waals surface area contributed by atoms with E-state index in [1.807, 2.05) is 24.6 Å². The number of nitrogens with zero attached hydrogens (tertiary/aromatic N) is 2. The van der Waals surface area contributed by atoms with E-state index < -0.39 is 0 Å². The van der Waals surface area contributed by atoms with E-state index >= 15 is 0 Å². The highest BCUT2D eigenvalue weighted by Gasteiger charge is 2.09. The van der Waals surface area contributed by atoms with Gasteiger partial charge in [-0.05, 0) is 31.7 Å². The van der Waals surface area contributed by atoms with Gasteiger partial charge < -0.3 is 20.5 Å². The van der Waals surface area contributed by atoms with Crippen LogP contribution in [0.25, 0.3) is 0 Å². The van der Waals surface area contributed by atoms with Crippen LogP contribution in [0.1, 0.15) is 30.6 Å². The lowest BCUT2D eigenvalue weighted by Gasteiger charge is -2.13. The number of anilines is 1. The van der Waals surface area contributed by atoms with Crippen LogP contribution in [-0.4, -0.2) is 40.5 Å². The molecule has 1 aromatic carbocycles. The van der Waals surface area contributed by atoms with E-state index in [0.29, 0.717) is 30.8 Å². The van der Waals surface area contributed by atoms with Gasteiger partial charge in [0.2, 0.25) is 5.91 Å². The third-order valence-corrected chi connectivity index (χ3v) is 3.69. The number of nitrogens with one attached hydrogen (secondary N) is 3. The van der Waals surface area contributed by atoms with Gasteiger partial charge in [0.25, 0.3) is 5.91 Å². The van der Waals surface area contributed by atoms with Gasteiger partial charge in [0.15, 0.2) is 0 Å². The zero-order valence-corrected chi connectivity index (χ0v) is 17.1. The molecule has 1 atom stereocenters. The van der Waals surface area contributed by atoms with Crippen molar-refractivity contribution in [3.63, 3.8) is 0 Å². The van der Waals surface area contributed by atoms with Crippen molar-refractivity contribution in [3.8, 4) is 0 Å². The Hall–Kier alpha value is -2.09. The van der Waals surface area contributed by atoms with Crippen LogP contribution in [0.3, 0.4) is 0 Å². The summed E-state index contributed by atoms with van der Waals surface area (Å²) in [5.41, 5.74) is 1.14. The fourth-order valence-electron chi connectivity index (χ4n) is 2.38. The number of amides is 2. The molecule has 150 valence electrons. The fraction of sp³-hybridized carbons (Fsp3) is 0.389. The monoisotopic (exact) mass is 415 g/mol. The summed E-state index contributed by atoms with van der Waals surface area (Å²) >= 11 is 0. The largest absolute Gasteiger partial charge is 0.350 e. The standard InChI is InChI=1S/C18H25N5O2.2ClH/c1-3-20-14(2)12-21-18(25)15-5-4-6-16(11-15)22-17(24)7-9-23-10-8-19-13-23;;/h4-6,8,10-11,13-14,20H,3,7,9,12H2,1-2H3,(H,21,25)(H,22,24);2*1H/t14-;;/m1../s1. The van der Waals surface area contributed by atoms with Crippen LogP contribution in [0.4, 0.5) is 5.69 Å². The van der Waals surface area contributed by atoms with E-state index in [1.54, 1.807) is 36.8 Å². The van der Waals surface area contributed by atoms with Gasteiger partial charge in [-0.1, -0.05) is 13.0 Å². The summed E-state index contributed by atoms with van der Waals surface area (Å²) in [6.45, 7) is 6.01. The first kappa shape index (κ1) is 24.9. The van der Waals surface area contributed by atoms with Gasteiger partial charge in [-0.25, -0.2) is 4.98 Å². The number of hydrogen-bond acceptors (Lipinski definition) is 4. The van der Waals surface area contributed by atoms with Crippen molar-refractivity contribution < 1.29 is 9.59 Å². The SMILES string of the molecule is CCN[C@H](C)CNC(=O)c1cccc(NC(=O)CCn2ccnc2)c1.Cl.Cl. The average molecular weight is 416 g/mol. The molecule has 7 nitrogen and oxygen atoms in total. The van der Waals surface area contributed by atoms with Gasteiger partial charge in [0.1, 0.15) is 0 Å². The van der Waals surface area contributed by atoms with Crippen LogP contribution >= 0.6 is 24.8 Å². The predicted octanol–water partition coefficient (Wildman–Crippen LogP) is 2.48. The normalized spacial score (nSPS) is 10.9.